The molecule has 11 heteroatoms. The maximum Gasteiger partial charge on any atom is 0.315 e. The van der Waals surface area contributed by atoms with Crippen molar-refractivity contribution in [2.45, 2.75) is 64.1 Å². The first-order valence-corrected chi connectivity index (χ1v) is 11.7. The van der Waals surface area contributed by atoms with Crippen molar-refractivity contribution >= 4 is 11.9 Å². The van der Waals surface area contributed by atoms with Crippen molar-refractivity contribution in [2.24, 2.45) is 11.6 Å². The summed E-state index contributed by atoms with van der Waals surface area (Å²) in [5.74, 6) is 5.81. The number of carbonyl (C=O) groups is 2. The van der Waals surface area contributed by atoms with E-state index in [2.05, 4.69) is 16.0 Å². The Balaban J connectivity index is 1.78. The number of rotatable bonds is 20. The second-order valence-electron chi connectivity index (χ2n) is 8.27. The lowest BCUT2D eigenvalue weighted by Crippen LogP contribution is -2.42. The molecule has 1 rings (SSSR count). The third kappa shape index (κ3) is 15.3. The minimum atomic E-state index is -0.0896. The van der Waals surface area contributed by atoms with Gasteiger partial charge in [0.1, 0.15) is 0 Å². The van der Waals surface area contributed by atoms with Gasteiger partial charge in [-0.25, -0.2) is 9.80 Å². The number of nitrogens with zero attached hydrogens (tertiary/aromatic N) is 1. The standard InChI is InChI=1S/C21H44N6O5/c1-17(22)16-27(23)9-11-31-13-15-32-14-12-30-10-8-24-20(28)7-5-3-4-6-19-18(2)25-21(29)26-19/h17-19H,3-16,22-23H2,1-2H3,(H,24,28)(H2,25,26,29)/t17?,18-,19+/m0/s1. The van der Waals surface area contributed by atoms with Crippen LogP contribution < -0.4 is 27.5 Å². The molecular formula is C21H44N6O5. The van der Waals surface area contributed by atoms with E-state index in [1.165, 1.54) is 0 Å². The lowest BCUT2D eigenvalue weighted by atomic mass is 10.0. The first-order chi connectivity index (χ1) is 15.4. The summed E-state index contributed by atoms with van der Waals surface area (Å²) in [6, 6.07) is 0.316. The van der Waals surface area contributed by atoms with Gasteiger partial charge in [0.15, 0.2) is 0 Å². The molecule has 0 aromatic rings. The summed E-state index contributed by atoms with van der Waals surface area (Å²) in [5, 5.41) is 10.3. The molecule has 11 nitrogen and oxygen atoms in total. The van der Waals surface area contributed by atoms with Gasteiger partial charge in [-0.05, 0) is 26.7 Å². The van der Waals surface area contributed by atoms with Crippen molar-refractivity contribution in [3.05, 3.63) is 0 Å². The van der Waals surface area contributed by atoms with E-state index in [0.717, 1.165) is 25.7 Å². The number of hydrogen-bond acceptors (Lipinski definition) is 8. The number of hydrogen-bond donors (Lipinski definition) is 5. The summed E-state index contributed by atoms with van der Waals surface area (Å²) in [4.78, 5) is 23.1. The highest BCUT2D eigenvalue weighted by Crippen LogP contribution is 2.11. The number of nitrogens with two attached hydrogens (primary N) is 2. The Morgan fingerprint density at radius 2 is 1.72 bits per heavy atom. The van der Waals surface area contributed by atoms with Gasteiger partial charge in [0.2, 0.25) is 5.91 Å². The molecule has 0 aromatic carbocycles. The maximum absolute atomic E-state index is 11.8. The number of carbonyl (C=O) groups excluding carboxylic acids is 2. The van der Waals surface area contributed by atoms with Crippen LogP contribution in [0.3, 0.4) is 0 Å². The molecule has 3 atom stereocenters. The van der Waals surface area contributed by atoms with E-state index in [0.29, 0.717) is 65.7 Å². The number of urea groups is 1. The highest BCUT2D eigenvalue weighted by atomic mass is 16.5. The Labute approximate surface area is 192 Å². The topological polar surface area (TPSA) is 153 Å². The van der Waals surface area contributed by atoms with Crippen LogP contribution in [0.25, 0.3) is 0 Å². The first kappa shape index (κ1) is 28.5. The predicted molar refractivity (Wildman–Crippen MR) is 123 cm³/mol. The van der Waals surface area contributed by atoms with Crippen LogP contribution in [-0.2, 0) is 19.0 Å². The number of amides is 3. The van der Waals surface area contributed by atoms with Gasteiger partial charge in [-0.15, -0.1) is 0 Å². The second kappa shape index (κ2) is 18.0. The molecule has 0 spiro atoms. The summed E-state index contributed by atoms with van der Waals surface area (Å²) in [6.07, 6.45) is 4.27. The van der Waals surface area contributed by atoms with Gasteiger partial charge in [-0.3, -0.25) is 10.6 Å². The van der Waals surface area contributed by atoms with E-state index in [9.17, 15) is 9.59 Å². The molecule has 1 unspecified atom stereocenters. The fourth-order valence-electron chi connectivity index (χ4n) is 3.33. The number of nitrogens with one attached hydrogen (secondary N) is 3. The van der Waals surface area contributed by atoms with Gasteiger partial charge < -0.3 is 35.9 Å². The van der Waals surface area contributed by atoms with Crippen molar-refractivity contribution in [3.63, 3.8) is 0 Å². The summed E-state index contributed by atoms with van der Waals surface area (Å²) in [7, 11) is 0. The zero-order chi connectivity index (χ0) is 23.6. The highest BCUT2D eigenvalue weighted by Gasteiger charge is 2.26. The second-order valence-corrected chi connectivity index (χ2v) is 8.27. The molecule has 0 bridgehead atoms. The molecule has 32 heavy (non-hydrogen) atoms. The highest BCUT2D eigenvalue weighted by molar-refractivity contribution is 5.77. The fourth-order valence-corrected chi connectivity index (χ4v) is 3.33. The third-order valence-electron chi connectivity index (χ3n) is 5.06. The van der Waals surface area contributed by atoms with Crippen LogP contribution >= 0.6 is 0 Å². The van der Waals surface area contributed by atoms with Crippen LogP contribution in [0.1, 0.15) is 46.0 Å². The molecule has 0 aliphatic carbocycles. The van der Waals surface area contributed by atoms with E-state index < -0.39 is 0 Å². The van der Waals surface area contributed by atoms with E-state index in [1.807, 2.05) is 13.8 Å². The monoisotopic (exact) mass is 460 g/mol. The Morgan fingerprint density at radius 1 is 1.06 bits per heavy atom. The van der Waals surface area contributed by atoms with Gasteiger partial charge in [0, 0.05) is 38.1 Å². The smallest absolute Gasteiger partial charge is 0.315 e. The molecule has 3 amide bonds. The third-order valence-corrected chi connectivity index (χ3v) is 5.06. The Bertz CT molecular complexity index is 511. The molecule has 0 radical (unpaired) electrons. The number of ether oxygens (including phenoxy) is 3. The van der Waals surface area contributed by atoms with Crippen LogP contribution in [-0.4, -0.2) is 94.3 Å². The summed E-state index contributed by atoms with van der Waals surface area (Å²) >= 11 is 0. The largest absolute Gasteiger partial charge is 0.378 e. The van der Waals surface area contributed by atoms with Gasteiger partial charge in [-0.2, -0.15) is 0 Å². The van der Waals surface area contributed by atoms with Crippen LogP contribution in [0.2, 0.25) is 0 Å². The SMILES string of the molecule is CC(N)CN(N)CCOCCOCCOCCNC(=O)CCCCC[C@H]1NC(=O)N[C@H]1C. The van der Waals surface area contributed by atoms with Gasteiger partial charge in [0.05, 0.1) is 45.7 Å². The van der Waals surface area contributed by atoms with Crippen LogP contribution in [0.15, 0.2) is 0 Å². The Morgan fingerprint density at radius 3 is 2.34 bits per heavy atom. The van der Waals surface area contributed by atoms with Crippen LogP contribution in [0, 0.1) is 0 Å². The van der Waals surface area contributed by atoms with Gasteiger partial charge in [-0.1, -0.05) is 12.8 Å². The average Bonchev–Trinajstić information content (AvgIpc) is 3.04. The van der Waals surface area contributed by atoms with E-state index in [4.69, 9.17) is 25.8 Å². The summed E-state index contributed by atoms with van der Waals surface area (Å²) in [6.45, 7) is 8.65. The van der Waals surface area contributed by atoms with E-state index >= 15 is 0 Å². The van der Waals surface area contributed by atoms with E-state index in [1.54, 1.807) is 5.01 Å². The first-order valence-electron chi connectivity index (χ1n) is 11.7. The summed E-state index contributed by atoms with van der Waals surface area (Å²) < 4.78 is 16.3. The van der Waals surface area contributed by atoms with Crippen molar-refractivity contribution in [2.75, 3.05) is 59.3 Å². The summed E-state index contributed by atoms with van der Waals surface area (Å²) in [5.41, 5.74) is 5.66. The number of unbranched alkanes of at least 4 members (excludes halogenated alkanes) is 2. The van der Waals surface area contributed by atoms with Crippen molar-refractivity contribution in [3.8, 4) is 0 Å². The normalized spacial score (nSPS) is 19.1. The van der Waals surface area contributed by atoms with Crippen molar-refractivity contribution in [1.82, 2.24) is 21.0 Å². The van der Waals surface area contributed by atoms with Crippen molar-refractivity contribution < 1.29 is 23.8 Å². The molecule has 0 aromatic heterocycles. The van der Waals surface area contributed by atoms with Crippen molar-refractivity contribution in [1.29, 1.82) is 0 Å². The molecular weight excluding hydrogens is 416 g/mol. The van der Waals surface area contributed by atoms with Gasteiger partial charge >= 0.3 is 6.03 Å². The van der Waals surface area contributed by atoms with E-state index in [-0.39, 0.29) is 30.1 Å². The maximum atomic E-state index is 11.8. The van der Waals surface area contributed by atoms with Gasteiger partial charge in [0.25, 0.3) is 0 Å². The molecule has 1 saturated heterocycles. The average molecular weight is 461 g/mol. The molecule has 1 heterocycles. The molecule has 1 aliphatic rings. The Kier molecular flexibility index (Phi) is 16.0. The molecule has 0 saturated carbocycles. The quantitative estimate of drug-likeness (QED) is 0.0942. The minimum Gasteiger partial charge on any atom is -0.378 e. The zero-order valence-electron chi connectivity index (χ0n) is 19.8. The molecule has 7 N–H and O–H groups in total. The molecule has 1 fully saturated rings. The predicted octanol–water partition coefficient (Wildman–Crippen LogP) is -0.304. The zero-order valence-corrected chi connectivity index (χ0v) is 19.8. The lowest BCUT2D eigenvalue weighted by Gasteiger charge is -2.18. The Hall–Kier alpha value is -1.50. The lowest BCUT2D eigenvalue weighted by molar-refractivity contribution is -0.121. The minimum absolute atomic E-state index is 0.0442. The van der Waals surface area contributed by atoms with Crippen LogP contribution in [0.5, 0.6) is 0 Å². The number of hydrazine groups is 1. The van der Waals surface area contributed by atoms with Crippen LogP contribution in [0.4, 0.5) is 4.79 Å². The molecule has 1 aliphatic heterocycles. The molecule has 188 valence electrons. The fraction of sp³-hybridized carbons (Fsp3) is 0.905.